The number of methoxy groups -OCH3 is 1. The van der Waals surface area contributed by atoms with Gasteiger partial charge in [0.25, 0.3) is 0 Å². The topological polar surface area (TPSA) is 26.3 Å². The second-order valence-electron chi connectivity index (χ2n) is 4.67. The lowest BCUT2D eigenvalue weighted by Gasteiger charge is -2.11. The minimum Gasteiger partial charge on any atom is -0.497 e. The number of aryl methyl sites for hydroxylation is 1. The Bertz CT molecular complexity index is 590. The number of thioether (sulfide) groups is 1. The standard InChI is InChI=1S/C17H18O2S/c1-12-5-4-6-16(11-12)20-13(2)17(18)14-7-9-15(19-3)10-8-14/h4-11,13H,1-3H3. The van der Waals surface area contributed by atoms with E-state index in [0.717, 1.165) is 16.2 Å². The van der Waals surface area contributed by atoms with Gasteiger partial charge in [-0.15, -0.1) is 11.8 Å². The Hall–Kier alpha value is -1.74. The van der Waals surface area contributed by atoms with Crippen LogP contribution in [0, 0.1) is 6.92 Å². The van der Waals surface area contributed by atoms with Crippen LogP contribution in [0.2, 0.25) is 0 Å². The normalized spacial score (nSPS) is 11.9. The lowest BCUT2D eigenvalue weighted by Crippen LogP contribution is -2.13. The summed E-state index contributed by atoms with van der Waals surface area (Å²) in [6, 6.07) is 15.5. The zero-order valence-corrected chi connectivity index (χ0v) is 12.7. The van der Waals surface area contributed by atoms with Gasteiger partial charge >= 0.3 is 0 Å². The van der Waals surface area contributed by atoms with Gasteiger partial charge in [0.2, 0.25) is 0 Å². The highest BCUT2D eigenvalue weighted by Crippen LogP contribution is 2.26. The maximum absolute atomic E-state index is 12.4. The van der Waals surface area contributed by atoms with Crippen LogP contribution in [0.3, 0.4) is 0 Å². The number of Topliss-reactive ketones (excluding diaryl/α,β-unsaturated/α-hetero) is 1. The Morgan fingerprint density at radius 1 is 1.15 bits per heavy atom. The first-order valence-electron chi connectivity index (χ1n) is 6.52. The summed E-state index contributed by atoms with van der Waals surface area (Å²) in [6.07, 6.45) is 0. The maximum atomic E-state index is 12.4. The van der Waals surface area contributed by atoms with Gasteiger partial charge in [-0.05, 0) is 50.2 Å². The van der Waals surface area contributed by atoms with Gasteiger partial charge in [-0.25, -0.2) is 0 Å². The van der Waals surface area contributed by atoms with Crippen LogP contribution >= 0.6 is 11.8 Å². The van der Waals surface area contributed by atoms with Gasteiger partial charge < -0.3 is 4.74 Å². The molecule has 0 aliphatic heterocycles. The summed E-state index contributed by atoms with van der Waals surface area (Å²) in [4.78, 5) is 13.5. The molecule has 0 aliphatic carbocycles. The predicted octanol–water partition coefficient (Wildman–Crippen LogP) is 4.37. The molecule has 0 aliphatic rings. The maximum Gasteiger partial charge on any atom is 0.175 e. The minimum absolute atomic E-state index is 0.106. The van der Waals surface area contributed by atoms with Gasteiger partial charge in [0.1, 0.15) is 5.75 Å². The predicted molar refractivity (Wildman–Crippen MR) is 83.8 cm³/mol. The van der Waals surface area contributed by atoms with E-state index in [9.17, 15) is 4.79 Å². The van der Waals surface area contributed by atoms with E-state index in [-0.39, 0.29) is 11.0 Å². The Morgan fingerprint density at radius 2 is 1.85 bits per heavy atom. The van der Waals surface area contributed by atoms with Crippen molar-refractivity contribution in [3.8, 4) is 5.75 Å². The van der Waals surface area contributed by atoms with Crippen molar-refractivity contribution in [1.82, 2.24) is 0 Å². The highest BCUT2D eigenvalue weighted by Gasteiger charge is 2.16. The molecule has 1 atom stereocenters. The van der Waals surface area contributed by atoms with Crippen molar-refractivity contribution >= 4 is 17.5 Å². The Kier molecular flexibility index (Phi) is 4.85. The van der Waals surface area contributed by atoms with Crippen LogP contribution in [0.4, 0.5) is 0 Å². The molecule has 2 aromatic carbocycles. The number of hydrogen-bond donors (Lipinski definition) is 0. The summed E-state index contributed by atoms with van der Waals surface area (Å²) in [7, 11) is 1.62. The highest BCUT2D eigenvalue weighted by molar-refractivity contribution is 8.00. The third-order valence-corrected chi connectivity index (χ3v) is 4.14. The average Bonchev–Trinajstić information content (AvgIpc) is 2.46. The number of carbonyl (C=O) groups excluding carboxylic acids is 1. The number of hydrogen-bond acceptors (Lipinski definition) is 3. The van der Waals surface area contributed by atoms with E-state index in [1.165, 1.54) is 5.56 Å². The van der Waals surface area contributed by atoms with Crippen molar-refractivity contribution in [3.05, 3.63) is 59.7 Å². The van der Waals surface area contributed by atoms with E-state index in [0.29, 0.717) is 0 Å². The van der Waals surface area contributed by atoms with E-state index in [1.807, 2.05) is 43.3 Å². The van der Waals surface area contributed by atoms with Gasteiger partial charge in [-0.2, -0.15) is 0 Å². The van der Waals surface area contributed by atoms with Crippen molar-refractivity contribution in [1.29, 1.82) is 0 Å². The van der Waals surface area contributed by atoms with Crippen LogP contribution < -0.4 is 4.74 Å². The van der Waals surface area contributed by atoms with E-state index in [2.05, 4.69) is 19.1 Å². The van der Waals surface area contributed by atoms with Gasteiger partial charge in [0.05, 0.1) is 12.4 Å². The van der Waals surface area contributed by atoms with Crippen molar-refractivity contribution in [3.63, 3.8) is 0 Å². The Morgan fingerprint density at radius 3 is 2.45 bits per heavy atom. The monoisotopic (exact) mass is 286 g/mol. The van der Waals surface area contributed by atoms with Gasteiger partial charge in [0, 0.05) is 10.5 Å². The number of ketones is 1. The van der Waals surface area contributed by atoms with E-state index in [4.69, 9.17) is 4.74 Å². The molecule has 0 aromatic heterocycles. The molecule has 0 amide bonds. The van der Waals surface area contributed by atoms with Crippen molar-refractivity contribution in [2.45, 2.75) is 24.0 Å². The third-order valence-electron chi connectivity index (χ3n) is 3.05. The molecule has 0 bridgehead atoms. The number of rotatable bonds is 5. The molecule has 0 saturated carbocycles. The van der Waals surface area contributed by atoms with Crippen molar-refractivity contribution in [2.24, 2.45) is 0 Å². The summed E-state index contributed by atoms with van der Waals surface area (Å²) in [6.45, 7) is 4.00. The Labute approximate surface area is 124 Å². The van der Waals surface area contributed by atoms with E-state index in [1.54, 1.807) is 18.9 Å². The SMILES string of the molecule is COc1ccc(C(=O)C(C)Sc2cccc(C)c2)cc1. The largest absolute Gasteiger partial charge is 0.497 e. The number of carbonyl (C=O) groups is 1. The van der Waals surface area contributed by atoms with Gasteiger partial charge in [0.15, 0.2) is 5.78 Å². The third kappa shape index (κ3) is 3.64. The summed E-state index contributed by atoms with van der Waals surface area (Å²) in [5.41, 5.74) is 1.93. The Balaban J connectivity index is 2.07. The van der Waals surface area contributed by atoms with Crippen LogP contribution in [0.15, 0.2) is 53.4 Å². The molecule has 0 fully saturated rings. The van der Waals surface area contributed by atoms with Crippen molar-refractivity contribution in [2.75, 3.05) is 7.11 Å². The molecule has 2 rings (SSSR count). The summed E-state index contributed by atoms with van der Waals surface area (Å²) >= 11 is 1.59. The number of benzene rings is 2. The minimum atomic E-state index is -0.106. The second-order valence-corrected chi connectivity index (χ2v) is 6.08. The fourth-order valence-corrected chi connectivity index (χ4v) is 3.00. The van der Waals surface area contributed by atoms with Crippen LogP contribution in [0.25, 0.3) is 0 Å². The van der Waals surface area contributed by atoms with Crippen LogP contribution in [0.5, 0.6) is 5.75 Å². The van der Waals surface area contributed by atoms with Crippen molar-refractivity contribution < 1.29 is 9.53 Å². The molecular weight excluding hydrogens is 268 g/mol. The van der Waals surface area contributed by atoms with Crippen LogP contribution in [0.1, 0.15) is 22.8 Å². The molecule has 20 heavy (non-hydrogen) atoms. The molecule has 1 unspecified atom stereocenters. The second kappa shape index (κ2) is 6.62. The number of ether oxygens (including phenoxy) is 1. The lowest BCUT2D eigenvalue weighted by molar-refractivity contribution is 0.0994. The molecule has 2 nitrogen and oxygen atoms in total. The molecular formula is C17H18O2S. The zero-order chi connectivity index (χ0) is 14.5. The zero-order valence-electron chi connectivity index (χ0n) is 11.9. The van der Waals surface area contributed by atoms with Gasteiger partial charge in [-0.3, -0.25) is 4.79 Å². The molecule has 0 saturated heterocycles. The summed E-state index contributed by atoms with van der Waals surface area (Å²) in [5.74, 6) is 0.902. The molecule has 0 N–H and O–H groups in total. The molecule has 2 aromatic rings. The van der Waals surface area contributed by atoms with E-state index >= 15 is 0 Å². The molecule has 3 heteroatoms. The first-order valence-corrected chi connectivity index (χ1v) is 7.39. The molecule has 0 spiro atoms. The fraction of sp³-hybridized carbons (Fsp3) is 0.235. The van der Waals surface area contributed by atoms with Crippen LogP contribution in [-0.2, 0) is 0 Å². The summed E-state index contributed by atoms with van der Waals surface area (Å²) in [5, 5.41) is -0.106. The van der Waals surface area contributed by atoms with E-state index < -0.39 is 0 Å². The molecule has 104 valence electrons. The fourth-order valence-electron chi connectivity index (χ4n) is 1.94. The van der Waals surface area contributed by atoms with Crippen LogP contribution in [-0.4, -0.2) is 18.1 Å². The van der Waals surface area contributed by atoms with Gasteiger partial charge in [-0.1, -0.05) is 17.7 Å². The average molecular weight is 286 g/mol. The highest BCUT2D eigenvalue weighted by atomic mass is 32.2. The molecule has 0 heterocycles. The molecule has 0 radical (unpaired) electrons. The first-order chi connectivity index (χ1) is 9.60. The first kappa shape index (κ1) is 14.7. The summed E-state index contributed by atoms with van der Waals surface area (Å²) < 4.78 is 5.10. The quantitative estimate of drug-likeness (QED) is 0.603. The lowest BCUT2D eigenvalue weighted by atomic mass is 10.1. The smallest absolute Gasteiger partial charge is 0.175 e.